The van der Waals surface area contributed by atoms with E-state index in [2.05, 4.69) is 10.6 Å². The minimum absolute atomic E-state index is 0.0294. The smallest absolute Gasteiger partial charge is 0.417 e. The topological polar surface area (TPSA) is 157 Å². The largest absolute Gasteiger partial charge is 0.444 e. The van der Waals surface area contributed by atoms with Gasteiger partial charge in [0.2, 0.25) is 23.6 Å². The molecule has 1 aliphatic heterocycles. The third kappa shape index (κ3) is 9.09. The van der Waals surface area contributed by atoms with E-state index in [0.29, 0.717) is 12.2 Å². The molecule has 5 amide bonds. The van der Waals surface area contributed by atoms with Crippen molar-refractivity contribution in [1.29, 1.82) is 0 Å². The lowest BCUT2D eigenvalue weighted by Crippen LogP contribution is -2.57. The van der Waals surface area contributed by atoms with E-state index in [0.717, 1.165) is 16.0 Å². The zero-order valence-electron chi connectivity index (χ0n) is 22.2. The van der Waals surface area contributed by atoms with Gasteiger partial charge in [0.1, 0.15) is 24.7 Å². The molecule has 3 rings (SSSR count). The van der Waals surface area contributed by atoms with Crippen LogP contribution in [0.1, 0.15) is 30.4 Å². The Morgan fingerprint density at radius 1 is 0.975 bits per heavy atom. The number of thioether (sulfide) groups is 1. The van der Waals surface area contributed by atoms with Crippen molar-refractivity contribution >= 4 is 41.5 Å². The van der Waals surface area contributed by atoms with Gasteiger partial charge in [0, 0.05) is 6.42 Å². The van der Waals surface area contributed by atoms with Crippen molar-refractivity contribution in [1.82, 2.24) is 15.5 Å². The molecule has 3 unspecified atom stereocenters. The number of hydrogen-bond donors (Lipinski definition) is 3. The zero-order chi connectivity index (χ0) is 28.9. The molecule has 0 saturated carbocycles. The molecule has 214 valence electrons. The van der Waals surface area contributed by atoms with Crippen molar-refractivity contribution in [2.24, 2.45) is 5.73 Å². The predicted octanol–water partition coefficient (Wildman–Crippen LogP) is 1.74. The molecule has 0 aliphatic carbocycles. The lowest BCUT2D eigenvalue weighted by atomic mass is 10.1. The van der Waals surface area contributed by atoms with Gasteiger partial charge in [-0.1, -0.05) is 60.7 Å². The Morgan fingerprint density at radius 3 is 2.20 bits per heavy atom. The van der Waals surface area contributed by atoms with Gasteiger partial charge in [-0.05, 0) is 36.0 Å². The van der Waals surface area contributed by atoms with Crippen LogP contribution in [0.5, 0.6) is 0 Å². The maximum Gasteiger partial charge on any atom is 0.417 e. The van der Waals surface area contributed by atoms with Crippen LogP contribution < -0.4 is 16.4 Å². The van der Waals surface area contributed by atoms with Gasteiger partial charge in [-0.25, -0.2) is 9.69 Å². The normalized spacial score (nSPS) is 16.2. The van der Waals surface area contributed by atoms with Gasteiger partial charge in [0.25, 0.3) is 0 Å². The van der Waals surface area contributed by atoms with Crippen LogP contribution in [0.3, 0.4) is 0 Å². The quantitative estimate of drug-likeness (QED) is 0.310. The van der Waals surface area contributed by atoms with Crippen LogP contribution in [0.25, 0.3) is 0 Å². The van der Waals surface area contributed by atoms with E-state index in [1.54, 1.807) is 24.3 Å². The van der Waals surface area contributed by atoms with Crippen LogP contribution in [0.4, 0.5) is 4.79 Å². The van der Waals surface area contributed by atoms with E-state index < -0.39 is 47.8 Å². The maximum atomic E-state index is 13.3. The van der Waals surface area contributed by atoms with Crippen LogP contribution in [0.2, 0.25) is 0 Å². The highest BCUT2D eigenvalue weighted by atomic mass is 32.2. The van der Waals surface area contributed by atoms with Gasteiger partial charge < -0.3 is 25.8 Å². The lowest BCUT2D eigenvalue weighted by Gasteiger charge is -2.26. The van der Waals surface area contributed by atoms with E-state index in [-0.39, 0.29) is 32.7 Å². The molecule has 1 fully saturated rings. The molecule has 11 nitrogen and oxygen atoms in total. The molecule has 0 radical (unpaired) electrons. The van der Waals surface area contributed by atoms with Gasteiger partial charge in [0.05, 0.1) is 13.2 Å². The van der Waals surface area contributed by atoms with E-state index in [4.69, 9.17) is 15.2 Å². The highest BCUT2D eigenvalue weighted by molar-refractivity contribution is 7.98. The zero-order valence-corrected chi connectivity index (χ0v) is 23.1. The lowest BCUT2D eigenvalue weighted by molar-refractivity contribution is -0.137. The number of rotatable bonds is 14. The second-order valence-corrected chi connectivity index (χ2v) is 10.2. The van der Waals surface area contributed by atoms with Crippen molar-refractivity contribution in [2.75, 3.05) is 18.6 Å². The van der Waals surface area contributed by atoms with Crippen LogP contribution in [0.15, 0.2) is 60.7 Å². The summed E-state index contributed by atoms with van der Waals surface area (Å²) in [6.45, 7) is -0.119. The SMILES string of the molecule is CSCCC(NC(=O)C(COCc1ccccc1)NC(=O)C1CCC(=O)N1C(=O)OCc1ccccc1)C(N)=O. The van der Waals surface area contributed by atoms with Crippen LogP contribution in [-0.4, -0.2) is 71.4 Å². The molecule has 3 atom stereocenters. The Bertz CT molecular complexity index is 1170. The summed E-state index contributed by atoms with van der Waals surface area (Å²) >= 11 is 1.49. The molecule has 1 saturated heterocycles. The molecule has 12 heteroatoms. The first kappa shape index (κ1) is 30.6. The molecule has 1 aliphatic rings. The molecule has 2 aromatic carbocycles. The molecule has 1 heterocycles. The van der Waals surface area contributed by atoms with Gasteiger partial charge in [-0.2, -0.15) is 11.8 Å². The van der Waals surface area contributed by atoms with Crippen molar-refractivity contribution in [3.63, 3.8) is 0 Å². The summed E-state index contributed by atoms with van der Waals surface area (Å²) in [5.41, 5.74) is 7.04. The number of nitrogens with one attached hydrogen (secondary N) is 2. The number of carbonyl (C=O) groups excluding carboxylic acids is 5. The number of amides is 5. The molecule has 0 aromatic heterocycles. The number of carbonyl (C=O) groups is 5. The van der Waals surface area contributed by atoms with Gasteiger partial charge >= 0.3 is 6.09 Å². The number of hydrogen-bond acceptors (Lipinski definition) is 8. The number of imide groups is 1. The van der Waals surface area contributed by atoms with Gasteiger partial charge in [-0.3, -0.25) is 19.2 Å². The number of ether oxygens (including phenoxy) is 2. The summed E-state index contributed by atoms with van der Waals surface area (Å²) in [5.74, 6) is -2.06. The van der Waals surface area contributed by atoms with E-state index in [9.17, 15) is 24.0 Å². The molecule has 0 bridgehead atoms. The first-order valence-corrected chi connectivity index (χ1v) is 14.2. The highest BCUT2D eigenvalue weighted by Gasteiger charge is 2.42. The summed E-state index contributed by atoms with van der Waals surface area (Å²) in [6.07, 6.45) is 1.27. The first-order valence-electron chi connectivity index (χ1n) is 12.8. The number of nitrogens with zero attached hydrogens (tertiary/aromatic N) is 1. The number of likely N-dealkylation sites (tertiary alicyclic amines) is 1. The second kappa shape index (κ2) is 15.6. The van der Waals surface area contributed by atoms with Crippen LogP contribution in [-0.2, 0) is 41.9 Å². The minimum Gasteiger partial charge on any atom is -0.444 e. The van der Waals surface area contributed by atoms with Crippen molar-refractivity contribution in [3.05, 3.63) is 71.8 Å². The molecule has 0 spiro atoms. The maximum absolute atomic E-state index is 13.3. The van der Waals surface area contributed by atoms with E-state index in [1.807, 2.05) is 42.7 Å². The molecule has 4 N–H and O–H groups in total. The van der Waals surface area contributed by atoms with Gasteiger partial charge in [-0.15, -0.1) is 0 Å². The Hall–Kier alpha value is -3.90. The average molecular weight is 571 g/mol. The third-order valence-electron chi connectivity index (χ3n) is 6.22. The van der Waals surface area contributed by atoms with E-state index >= 15 is 0 Å². The summed E-state index contributed by atoms with van der Waals surface area (Å²) in [5, 5.41) is 5.17. The third-order valence-corrected chi connectivity index (χ3v) is 6.86. The number of nitrogens with two attached hydrogens (primary N) is 1. The van der Waals surface area contributed by atoms with E-state index in [1.165, 1.54) is 11.8 Å². The Balaban J connectivity index is 1.68. The first-order chi connectivity index (χ1) is 19.3. The fourth-order valence-electron chi connectivity index (χ4n) is 4.06. The van der Waals surface area contributed by atoms with Crippen LogP contribution in [0, 0.1) is 0 Å². The Kier molecular flexibility index (Phi) is 12.0. The summed E-state index contributed by atoms with van der Waals surface area (Å²) in [6, 6.07) is 14.8. The summed E-state index contributed by atoms with van der Waals surface area (Å²) in [4.78, 5) is 64.4. The second-order valence-electron chi connectivity index (χ2n) is 9.17. The molecule has 2 aromatic rings. The summed E-state index contributed by atoms with van der Waals surface area (Å²) in [7, 11) is 0. The fourth-order valence-corrected chi connectivity index (χ4v) is 4.53. The molecular weight excluding hydrogens is 536 g/mol. The van der Waals surface area contributed by atoms with Crippen molar-refractivity contribution < 1.29 is 33.4 Å². The van der Waals surface area contributed by atoms with Crippen LogP contribution >= 0.6 is 11.8 Å². The number of benzene rings is 2. The average Bonchev–Trinajstić information content (AvgIpc) is 3.35. The van der Waals surface area contributed by atoms with Crippen molar-refractivity contribution in [3.8, 4) is 0 Å². The molecular formula is C28H34N4O7S. The fraction of sp³-hybridized carbons (Fsp3) is 0.393. The standard InChI is InChI=1S/C28H34N4O7S/c1-40-15-14-21(25(29)34)30-26(35)22(18-38-16-19-8-4-2-5-9-19)31-27(36)23-12-13-24(33)32(23)28(37)39-17-20-10-6-3-7-11-20/h2-11,21-23H,12-18H2,1H3,(H2,29,34)(H,30,35)(H,31,36). The number of primary amides is 1. The summed E-state index contributed by atoms with van der Waals surface area (Å²) < 4.78 is 11.0. The molecule has 40 heavy (non-hydrogen) atoms. The highest BCUT2D eigenvalue weighted by Crippen LogP contribution is 2.21. The predicted molar refractivity (Wildman–Crippen MR) is 149 cm³/mol. The minimum atomic E-state index is -1.22. The van der Waals surface area contributed by atoms with Crippen molar-refractivity contribution in [2.45, 2.75) is 50.6 Å². The monoisotopic (exact) mass is 570 g/mol. The Morgan fingerprint density at radius 2 is 1.60 bits per heavy atom. The van der Waals surface area contributed by atoms with Gasteiger partial charge in [0.15, 0.2) is 0 Å². The Labute approximate surface area is 237 Å².